The summed E-state index contributed by atoms with van der Waals surface area (Å²) < 4.78 is 44.8. The summed E-state index contributed by atoms with van der Waals surface area (Å²) in [5, 5.41) is 22.0. The van der Waals surface area contributed by atoms with Crippen molar-refractivity contribution in [2.24, 2.45) is 5.73 Å². The van der Waals surface area contributed by atoms with Crippen LogP contribution in [0.15, 0.2) is 54.7 Å². The summed E-state index contributed by atoms with van der Waals surface area (Å²) in [4.78, 5) is 29.2. The second-order valence-corrected chi connectivity index (χ2v) is 9.01. The quantitative estimate of drug-likeness (QED) is 0.271. The summed E-state index contributed by atoms with van der Waals surface area (Å²) in [6, 6.07) is 13.8. The molecule has 0 spiro atoms. The third kappa shape index (κ3) is 11.2. The van der Waals surface area contributed by atoms with Gasteiger partial charge in [0.1, 0.15) is 12.6 Å². The first kappa shape index (κ1) is 32.6. The topological polar surface area (TPSA) is 172 Å². The zero-order valence-corrected chi connectivity index (χ0v) is 22.2. The third-order valence-electron chi connectivity index (χ3n) is 5.07. The summed E-state index contributed by atoms with van der Waals surface area (Å²) >= 11 is 0. The molecule has 3 rings (SSSR count). The van der Waals surface area contributed by atoms with E-state index in [1.54, 1.807) is 38.2 Å². The molecule has 3 aromatic rings. The van der Waals surface area contributed by atoms with Crippen LogP contribution in [-0.4, -0.2) is 73.6 Å². The number of tetrazole rings is 1. The number of amides is 1. The van der Waals surface area contributed by atoms with Gasteiger partial charge < -0.3 is 30.5 Å². The van der Waals surface area contributed by atoms with Crippen LogP contribution in [0.3, 0.4) is 0 Å². The Bertz CT molecular complexity index is 1280. The lowest BCUT2D eigenvalue weighted by Gasteiger charge is -2.24. The molecule has 2 atom stereocenters. The van der Waals surface area contributed by atoms with Gasteiger partial charge in [0.2, 0.25) is 18.3 Å². The number of ether oxygens (including phenoxy) is 2. The highest BCUT2D eigenvalue weighted by molar-refractivity contribution is 5.85. The van der Waals surface area contributed by atoms with Crippen LogP contribution in [0.4, 0.5) is 13.2 Å². The van der Waals surface area contributed by atoms with Crippen molar-refractivity contribution in [3.05, 3.63) is 77.5 Å². The molecule has 1 aromatic carbocycles. The average Bonchev–Trinajstić information content (AvgIpc) is 3.40. The minimum Gasteiger partial charge on any atom is -0.475 e. The van der Waals surface area contributed by atoms with Crippen molar-refractivity contribution < 1.29 is 37.3 Å². The molecule has 1 amide bonds. The van der Waals surface area contributed by atoms with Gasteiger partial charge in [-0.25, -0.2) is 21.0 Å². The number of nitrogens with zero attached hydrogens (tertiary/aromatic N) is 6. The van der Waals surface area contributed by atoms with E-state index in [-0.39, 0.29) is 25.7 Å². The third-order valence-corrected chi connectivity index (χ3v) is 5.07. The number of halogens is 3. The van der Waals surface area contributed by atoms with Crippen LogP contribution in [0.5, 0.6) is 5.88 Å². The Morgan fingerprint density at radius 1 is 1.15 bits per heavy atom. The number of nitrogens with two attached hydrogens (primary N) is 1. The van der Waals surface area contributed by atoms with E-state index in [1.165, 1.54) is 4.68 Å². The number of nitrogens with one attached hydrogen (secondary N) is 1. The molecule has 0 aliphatic heterocycles. The molecule has 0 fully saturated rings. The molecule has 0 bridgehead atoms. The number of carboxylic acids is 1. The zero-order chi connectivity index (χ0) is 30.5. The number of aromatic nitrogens is 5. The van der Waals surface area contributed by atoms with Gasteiger partial charge in [0.05, 0.1) is 18.8 Å². The van der Waals surface area contributed by atoms with Gasteiger partial charge in [0.25, 0.3) is 0 Å². The van der Waals surface area contributed by atoms with E-state index in [2.05, 4.69) is 30.7 Å². The highest BCUT2D eigenvalue weighted by Gasteiger charge is 2.38. The van der Waals surface area contributed by atoms with Crippen LogP contribution in [-0.2, 0) is 20.9 Å². The maximum Gasteiger partial charge on any atom is 0.490 e. The van der Waals surface area contributed by atoms with Gasteiger partial charge in [-0.15, -0.1) is 5.10 Å². The Labute approximate surface area is 233 Å². The van der Waals surface area contributed by atoms with E-state index >= 15 is 0 Å². The molecule has 220 valence electrons. The predicted octanol–water partition coefficient (Wildman–Crippen LogP) is 2.35. The molecule has 0 saturated carbocycles. The van der Waals surface area contributed by atoms with Crippen LogP contribution in [0.25, 0.3) is 4.85 Å². The van der Waals surface area contributed by atoms with Crippen molar-refractivity contribution in [1.82, 2.24) is 30.5 Å². The first-order chi connectivity index (χ1) is 19.3. The van der Waals surface area contributed by atoms with Crippen molar-refractivity contribution in [3.63, 3.8) is 0 Å². The molecule has 0 unspecified atom stereocenters. The van der Waals surface area contributed by atoms with E-state index < -0.39 is 29.8 Å². The van der Waals surface area contributed by atoms with Crippen LogP contribution in [0.1, 0.15) is 37.3 Å². The minimum atomic E-state index is -5.08. The number of hydrogen-bond donors (Lipinski definition) is 3. The van der Waals surface area contributed by atoms with Gasteiger partial charge in [-0.3, -0.25) is 4.79 Å². The number of alkyl halides is 3. The molecule has 0 saturated heterocycles. The monoisotopic (exact) mass is 578 g/mol. The minimum absolute atomic E-state index is 0.0682. The molecule has 2 heterocycles. The zero-order valence-electron chi connectivity index (χ0n) is 22.2. The summed E-state index contributed by atoms with van der Waals surface area (Å²) in [6.45, 7) is 11.2. The SMILES string of the molecule is O=C(O)C(F)(F)F.[C-]#[N+]C[C@H](COc1ccccn1)n1nnnc1[C@@H](COCc1ccccc1)NC(=O)C(C)(C)N. The van der Waals surface area contributed by atoms with Crippen LogP contribution < -0.4 is 15.8 Å². The fraction of sp³-hybridized carbons (Fsp3) is 0.400. The van der Waals surface area contributed by atoms with Crippen molar-refractivity contribution in [3.8, 4) is 5.88 Å². The number of carbonyl (C=O) groups is 2. The lowest BCUT2D eigenvalue weighted by atomic mass is 10.1. The van der Waals surface area contributed by atoms with Gasteiger partial charge >= 0.3 is 12.1 Å². The molecule has 0 radical (unpaired) electrons. The van der Waals surface area contributed by atoms with E-state index in [9.17, 15) is 18.0 Å². The lowest BCUT2D eigenvalue weighted by Crippen LogP contribution is -2.51. The van der Waals surface area contributed by atoms with E-state index in [0.717, 1.165) is 5.56 Å². The smallest absolute Gasteiger partial charge is 0.475 e. The molecular formula is C25H29F3N8O5. The van der Waals surface area contributed by atoms with Crippen LogP contribution in [0, 0.1) is 6.57 Å². The number of carbonyl (C=O) groups excluding carboxylic acids is 1. The number of pyridine rings is 1. The Balaban J connectivity index is 0.000000745. The average molecular weight is 579 g/mol. The highest BCUT2D eigenvalue weighted by Crippen LogP contribution is 2.18. The van der Waals surface area contributed by atoms with E-state index in [0.29, 0.717) is 18.3 Å². The van der Waals surface area contributed by atoms with Gasteiger partial charge in [-0.05, 0) is 35.9 Å². The summed E-state index contributed by atoms with van der Waals surface area (Å²) in [6.07, 6.45) is -3.47. The Hall–Kier alpha value is -4.62. The molecular weight excluding hydrogens is 549 g/mol. The molecule has 2 aromatic heterocycles. The maximum atomic E-state index is 12.7. The molecule has 16 heteroatoms. The lowest BCUT2D eigenvalue weighted by molar-refractivity contribution is -0.192. The summed E-state index contributed by atoms with van der Waals surface area (Å²) in [5.41, 5.74) is 5.85. The molecule has 0 aliphatic carbocycles. The number of hydrogen-bond acceptors (Lipinski definition) is 9. The Morgan fingerprint density at radius 2 is 1.80 bits per heavy atom. The predicted molar refractivity (Wildman–Crippen MR) is 137 cm³/mol. The maximum absolute atomic E-state index is 12.7. The van der Waals surface area contributed by atoms with Crippen molar-refractivity contribution in [2.75, 3.05) is 19.8 Å². The standard InChI is InChI=1S/C23H28N8O3.C2HF3O2/c1-23(2,24)22(32)27-19(16-33-14-17-9-5-4-6-10-17)21-28-29-30-31(21)18(13-25-3)15-34-20-11-7-8-12-26-20;3-2(4,5)1(6)7/h4-12,18-19H,13-16,24H2,1-2H3,(H,27,32);(H,6,7)/t18-,19-;/m1./s1. The molecule has 41 heavy (non-hydrogen) atoms. The molecule has 13 nitrogen and oxygen atoms in total. The summed E-state index contributed by atoms with van der Waals surface area (Å²) in [5.74, 6) is -2.38. The second-order valence-electron chi connectivity index (χ2n) is 9.01. The van der Waals surface area contributed by atoms with Crippen LogP contribution >= 0.6 is 0 Å². The fourth-order valence-electron chi connectivity index (χ4n) is 3.00. The largest absolute Gasteiger partial charge is 0.490 e. The summed E-state index contributed by atoms with van der Waals surface area (Å²) in [7, 11) is 0. The normalized spacial score (nSPS) is 12.7. The van der Waals surface area contributed by atoms with Crippen molar-refractivity contribution in [1.29, 1.82) is 0 Å². The van der Waals surface area contributed by atoms with Crippen LogP contribution in [0.2, 0.25) is 0 Å². The van der Waals surface area contributed by atoms with E-state index in [1.807, 2.05) is 30.3 Å². The van der Waals surface area contributed by atoms with E-state index in [4.69, 9.17) is 31.7 Å². The number of rotatable bonds is 12. The first-order valence-electron chi connectivity index (χ1n) is 12.0. The van der Waals surface area contributed by atoms with Gasteiger partial charge in [-0.2, -0.15) is 13.2 Å². The molecule has 4 N–H and O–H groups in total. The van der Waals surface area contributed by atoms with Crippen molar-refractivity contribution in [2.45, 2.75) is 44.3 Å². The first-order valence-corrected chi connectivity index (χ1v) is 12.0. The number of aliphatic carboxylic acids is 1. The number of carboxylic acid groups (broad SMARTS) is 1. The fourth-order valence-corrected chi connectivity index (χ4v) is 3.00. The Kier molecular flexibility index (Phi) is 12.1. The van der Waals surface area contributed by atoms with Gasteiger partial charge in [0, 0.05) is 12.3 Å². The van der Waals surface area contributed by atoms with Crippen molar-refractivity contribution >= 4 is 11.9 Å². The Morgan fingerprint density at radius 3 is 2.37 bits per heavy atom. The second kappa shape index (κ2) is 15.2. The van der Waals surface area contributed by atoms with Gasteiger partial charge in [0.15, 0.2) is 11.9 Å². The number of benzene rings is 1. The van der Waals surface area contributed by atoms with Gasteiger partial charge in [-0.1, -0.05) is 36.4 Å². The highest BCUT2D eigenvalue weighted by atomic mass is 19.4. The molecule has 0 aliphatic rings.